The number of nitrogens with zero attached hydrogens (tertiary/aromatic N) is 1. The van der Waals surface area contributed by atoms with Gasteiger partial charge in [-0.25, -0.2) is 4.79 Å². The van der Waals surface area contributed by atoms with E-state index in [-0.39, 0.29) is 5.91 Å². The summed E-state index contributed by atoms with van der Waals surface area (Å²) >= 11 is 7.09. The van der Waals surface area contributed by atoms with E-state index < -0.39 is 12.0 Å². The topological polar surface area (TPSA) is 57.6 Å². The Hall–Kier alpha value is -1.07. The standard InChI is InChI=1S/C10H12ClNO3S/c1-3-12(6(2)10(14)15)9(13)7-4-5-16-8(7)11/h4-6H,3H2,1-2H3,(H,14,15). The van der Waals surface area contributed by atoms with Gasteiger partial charge < -0.3 is 10.0 Å². The van der Waals surface area contributed by atoms with E-state index in [0.29, 0.717) is 16.4 Å². The van der Waals surface area contributed by atoms with Gasteiger partial charge in [-0.05, 0) is 25.3 Å². The molecule has 1 heterocycles. The minimum Gasteiger partial charge on any atom is -0.480 e. The quantitative estimate of drug-likeness (QED) is 0.905. The molecule has 4 nitrogen and oxygen atoms in total. The Labute approximate surface area is 102 Å². The SMILES string of the molecule is CCN(C(=O)c1ccsc1Cl)C(C)C(=O)O. The van der Waals surface area contributed by atoms with E-state index in [0.717, 1.165) is 0 Å². The van der Waals surface area contributed by atoms with E-state index in [2.05, 4.69) is 0 Å². The van der Waals surface area contributed by atoms with E-state index >= 15 is 0 Å². The number of carboxylic acids is 1. The molecule has 0 bridgehead atoms. The fourth-order valence-corrected chi connectivity index (χ4v) is 2.23. The number of hydrogen-bond donors (Lipinski definition) is 1. The summed E-state index contributed by atoms with van der Waals surface area (Å²) in [6.07, 6.45) is 0. The molecule has 0 aliphatic carbocycles. The highest BCUT2D eigenvalue weighted by molar-refractivity contribution is 7.14. The monoisotopic (exact) mass is 261 g/mol. The van der Waals surface area contributed by atoms with Crippen molar-refractivity contribution in [2.75, 3.05) is 6.54 Å². The summed E-state index contributed by atoms with van der Waals surface area (Å²) in [4.78, 5) is 24.1. The number of rotatable bonds is 4. The fourth-order valence-electron chi connectivity index (χ4n) is 1.33. The highest BCUT2D eigenvalue weighted by Crippen LogP contribution is 2.24. The molecule has 0 saturated carbocycles. The number of halogens is 1. The number of thiophene rings is 1. The lowest BCUT2D eigenvalue weighted by molar-refractivity contribution is -0.141. The van der Waals surface area contributed by atoms with Crippen LogP contribution < -0.4 is 0 Å². The van der Waals surface area contributed by atoms with Crippen LogP contribution in [0, 0.1) is 0 Å². The first-order valence-electron chi connectivity index (χ1n) is 4.75. The maximum absolute atomic E-state index is 12.0. The van der Waals surface area contributed by atoms with Crippen molar-refractivity contribution in [3.05, 3.63) is 21.3 Å². The van der Waals surface area contributed by atoms with Gasteiger partial charge in [-0.3, -0.25) is 4.79 Å². The van der Waals surface area contributed by atoms with Crippen molar-refractivity contribution in [1.82, 2.24) is 4.90 Å². The van der Waals surface area contributed by atoms with Gasteiger partial charge in [0.05, 0.1) is 5.56 Å². The summed E-state index contributed by atoms with van der Waals surface area (Å²) in [6.45, 7) is 3.54. The molecule has 1 N–H and O–H groups in total. The van der Waals surface area contributed by atoms with Crippen LogP contribution >= 0.6 is 22.9 Å². The normalized spacial score (nSPS) is 12.2. The Balaban J connectivity index is 2.94. The maximum atomic E-state index is 12.0. The number of hydrogen-bond acceptors (Lipinski definition) is 3. The van der Waals surface area contributed by atoms with Crippen LogP contribution in [0.3, 0.4) is 0 Å². The Morgan fingerprint density at radius 2 is 2.25 bits per heavy atom. The molecule has 0 spiro atoms. The molecule has 0 aliphatic rings. The minimum atomic E-state index is -1.03. The summed E-state index contributed by atoms with van der Waals surface area (Å²) in [6, 6.07) is 0.750. The Morgan fingerprint density at radius 3 is 2.62 bits per heavy atom. The van der Waals surface area contributed by atoms with Crippen LogP contribution in [0.1, 0.15) is 24.2 Å². The van der Waals surface area contributed by atoms with Crippen LogP contribution in [-0.2, 0) is 4.79 Å². The van der Waals surface area contributed by atoms with Crippen LogP contribution in [0.4, 0.5) is 0 Å². The largest absolute Gasteiger partial charge is 0.480 e. The van der Waals surface area contributed by atoms with Crippen molar-refractivity contribution in [3.63, 3.8) is 0 Å². The van der Waals surface area contributed by atoms with E-state index in [1.807, 2.05) is 0 Å². The zero-order chi connectivity index (χ0) is 12.3. The summed E-state index contributed by atoms with van der Waals surface area (Å²) in [5.74, 6) is -1.37. The Morgan fingerprint density at radius 1 is 1.62 bits per heavy atom. The zero-order valence-corrected chi connectivity index (χ0v) is 10.5. The highest BCUT2D eigenvalue weighted by atomic mass is 35.5. The predicted octanol–water partition coefficient (Wildman–Crippen LogP) is 2.34. The van der Waals surface area contributed by atoms with Crippen molar-refractivity contribution in [2.24, 2.45) is 0 Å². The molecule has 1 unspecified atom stereocenters. The molecule has 16 heavy (non-hydrogen) atoms. The summed E-state index contributed by atoms with van der Waals surface area (Å²) in [5.41, 5.74) is 0.363. The first-order valence-corrected chi connectivity index (χ1v) is 6.01. The molecule has 1 rings (SSSR count). The third-order valence-corrected chi connectivity index (χ3v) is 3.44. The molecular formula is C10H12ClNO3S. The Bertz CT molecular complexity index is 405. The molecular weight excluding hydrogens is 250 g/mol. The van der Waals surface area contributed by atoms with Crippen LogP contribution in [-0.4, -0.2) is 34.5 Å². The molecule has 1 aromatic heterocycles. The lowest BCUT2D eigenvalue weighted by atomic mass is 10.2. The van der Waals surface area contributed by atoms with Crippen LogP contribution in [0.2, 0.25) is 4.34 Å². The van der Waals surface area contributed by atoms with Gasteiger partial charge in [0.2, 0.25) is 0 Å². The second-order valence-corrected chi connectivity index (χ2v) is 4.73. The number of amides is 1. The van der Waals surface area contributed by atoms with Gasteiger partial charge in [0, 0.05) is 6.54 Å². The van der Waals surface area contributed by atoms with Gasteiger partial charge in [0.25, 0.3) is 5.91 Å². The molecule has 1 aromatic rings. The highest BCUT2D eigenvalue weighted by Gasteiger charge is 2.26. The van der Waals surface area contributed by atoms with Crippen molar-refractivity contribution >= 4 is 34.8 Å². The Kier molecular flexibility index (Phi) is 4.32. The van der Waals surface area contributed by atoms with Gasteiger partial charge in [-0.15, -0.1) is 11.3 Å². The molecule has 1 atom stereocenters. The lowest BCUT2D eigenvalue weighted by Gasteiger charge is -2.24. The third-order valence-electron chi connectivity index (χ3n) is 2.27. The van der Waals surface area contributed by atoms with Crippen LogP contribution in [0.5, 0.6) is 0 Å². The number of carbonyl (C=O) groups excluding carboxylic acids is 1. The molecule has 88 valence electrons. The first kappa shape index (κ1) is 13.0. The second-order valence-electron chi connectivity index (χ2n) is 3.21. The average molecular weight is 262 g/mol. The minimum absolute atomic E-state index is 0.332. The molecule has 0 fully saturated rings. The van der Waals surface area contributed by atoms with Gasteiger partial charge in [0.15, 0.2) is 0 Å². The number of aliphatic carboxylic acids is 1. The van der Waals surface area contributed by atoms with Crippen molar-refractivity contribution in [2.45, 2.75) is 19.9 Å². The molecule has 0 saturated heterocycles. The predicted molar refractivity (Wildman–Crippen MR) is 63.1 cm³/mol. The van der Waals surface area contributed by atoms with E-state index in [1.165, 1.54) is 23.2 Å². The number of carboxylic acid groups (broad SMARTS) is 1. The van der Waals surface area contributed by atoms with E-state index in [1.54, 1.807) is 18.4 Å². The lowest BCUT2D eigenvalue weighted by Crippen LogP contribution is -2.43. The summed E-state index contributed by atoms with van der Waals surface area (Å²) < 4.78 is 0.390. The van der Waals surface area contributed by atoms with E-state index in [4.69, 9.17) is 16.7 Å². The summed E-state index contributed by atoms with van der Waals surface area (Å²) in [5, 5.41) is 10.6. The molecule has 6 heteroatoms. The van der Waals surface area contributed by atoms with Gasteiger partial charge >= 0.3 is 5.97 Å². The molecule has 0 aromatic carbocycles. The van der Waals surface area contributed by atoms with Crippen molar-refractivity contribution < 1.29 is 14.7 Å². The smallest absolute Gasteiger partial charge is 0.326 e. The average Bonchev–Trinajstić information content (AvgIpc) is 2.64. The first-order chi connectivity index (χ1) is 7.49. The molecule has 0 radical (unpaired) electrons. The fraction of sp³-hybridized carbons (Fsp3) is 0.400. The van der Waals surface area contributed by atoms with Crippen LogP contribution in [0.15, 0.2) is 11.4 Å². The van der Waals surface area contributed by atoms with E-state index in [9.17, 15) is 9.59 Å². The second kappa shape index (κ2) is 5.32. The molecule has 0 aliphatic heterocycles. The van der Waals surface area contributed by atoms with Gasteiger partial charge in [-0.2, -0.15) is 0 Å². The number of likely N-dealkylation sites (N-methyl/N-ethyl adjacent to an activating group) is 1. The van der Waals surface area contributed by atoms with Crippen LogP contribution in [0.25, 0.3) is 0 Å². The zero-order valence-electron chi connectivity index (χ0n) is 8.94. The molecule has 1 amide bonds. The number of carbonyl (C=O) groups is 2. The van der Waals surface area contributed by atoms with Crippen molar-refractivity contribution in [3.8, 4) is 0 Å². The van der Waals surface area contributed by atoms with Gasteiger partial charge in [0.1, 0.15) is 10.4 Å². The third kappa shape index (κ3) is 2.54. The van der Waals surface area contributed by atoms with Crippen molar-refractivity contribution in [1.29, 1.82) is 0 Å². The maximum Gasteiger partial charge on any atom is 0.326 e. The summed E-state index contributed by atoms with van der Waals surface area (Å²) in [7, 11) is 0. The van der Waals surface area contributed by atoms with Gasteiger partial charge in [-0.1, -0.05) is 11.6 Å².